The molecule has 0 saturated heterocycles. The van der Waals surface area contributed by atoms with Crippen LogP contribution in [0.15, 0.2) is 11.6 Å². The van der Waals surface area contributed by atoms with Crippen LogP contribution >= 0.6 is 0 Å². The van der Waals surface area contributed by atoms with Crippen LogP contribution in [0, 0.1) is 46.3 Å². The zero-order valence-electron chi connectivity index (χ0n) is 25.7. The Morgan fingerprint density at radius 2 is 1.70 bits per heavy atom. The monoisotopic (exact) mass is 557 g/mol. The molecule has 0 aromatic heterocycles. The molecule has 3 fully saturated rings. The van der Waals surface area contributed by atoms with Gasteiger partial charge in [-0.1, -0.05) is 39.3 Å². The summed E-state index contributed by atoms with van der Waals surface area (Å²) in [7, 11) is 0. The molecule has 224 valence electrons. The molecule has 40 heavy (non-hydrogen) atoms. The van der Waals surface area contributed by atoms with Crippen molar-refractivity contribution in [2.45, 2.75) is 118 Å². The normalized spacial score (nSPS) is 38.0. The Hall–Kier alpha value is -2.18. The minimum absolute atomic E-state index is 0.0124. The molecular formula is C33H51NO6. The number of hydrogen-bond acceptors (Lipinski definition) is 6. The third kappa shape index (κ3) is 6.04. The van der Waals surface area contributed by atoms with Gasteiger partial charge in [-0.15, -0.1) is 0 Å². The van der Waals surface area contributed by atoms with Crippen molar-refractivity contribution in [3.8, 4) is 0 Å². The third-order valence-corrected chi connectivity index (χ3v) is 11.4. The highest BCUT2D eigenvalue weighted by Crippen LogP contribution is 2.67. The van der Waals surface area contributed by atoms with Gasteiger partial charge in [-0.25, -0.2) is 0 Å². The molecule has 0 radical (unpaired) electrons. The minimum atomic E-state index is -0.265. The Morgan fingerprint density at radius 3 is 2.35 bits per heavy atom. The Morgan fingerprint density at radius 1 is 1.00 bits per heavy atom. The first-order valence-electron chi connectivity index (χ1n) is 15.6. The molecule has 0 spiro atoms. The molecule has 0 aliphatic heterocycles. The van der Waals surface area contributed by atoms with Gasteiger partial charge >= 0.3 is 11.9 Å². The molecule has 0 bridgehead atoms. The maximum Gasteiger partial charge on any atom is 0.302 e. The van der Waals surface area contributed by atoms with Gasteiger partial charge in [-0.05, 0) is 79.4 Å². The second-order valence-electron chi connectivity index (χ2n) is 14.0. The van der Waals surface area contributed by atoms with Crippen LogP contribution in [-0.4, -0.2) is 42.4 Å². The van der Waals surface area contributed by atoms with E-state index in [0.717, 1.165) is 51.4 Å². The lowest BCUT2D eigenvalue weighted by atomic mass is 9.47. The molecule has 0 aromatic carbocycles. The van der Waals surface area contributed by atoms with E-state index in [2.05, 4.69) is 39.1 Å². The molecule has 10 atom stereocenters. The summed E-state index contributed by atoms with van der Waals surface area (Å²) in [5.74, 6) is 1.24. The fourth-order valence-corrected chi connectivity index (χ4v) is 9.45. The summed E-state index contributed by atoms with van der Waals surface area (Å²) < 4.78 is 11.6. The first-order chi connectivity index (χ1) is 18.8. The van der Waals surface area contributed by atoms with E-state index in [9.17, 15) is 19.2 Å². The van der Waals surface area contributed by atoms with Crippen molar-refractivity contribution in [1.82, 2.24) is 5.32 Å². The van der Waals surface area contributed by atoms with Gasteiger partial charge in [0.2, 0.25) is 5.91 Å². The van der Waals surface area contributed by atoms with E-state index in [-0.39, 0.29) is 64.4 Å². The summed E-state index contributed by atoms with van der Waals surface area (Å²) in [5.41, 5.74) is 1.51. The molecule has 7 heteroatoms. The van der Waals surface area contributed by atoms with E-state index in [4.69, 9.17) is 9.47 Å². The zero-order valence-corrected chi connectivity index (χ0v) is 25.7. The lowest BCUT2D eigenvalue weighted by Gasteiger charge is -2.58. The van der Waals surface area contributed by atoms with E-state index < -0.39 is 0 Å². The maximum atomic E-state index is 13.6. The van der Waals surface area contributed by atoms with Crippen LogP contribution in [0.25, 0.3) is 0 Å². The number of hydrogen-bond donors (Lipinski definition) is 1. The van der Waals surface area contributed by atoms with Crippen molar-refractivity contribution in [2.24, 2.45) is 46.3 Å². The highest BCUT2D eigenvalue weighted by atomic mass is 16.5. The number of amides is 1. The number of rotatable bonds is 9. The summed E-state index contributed by atoms with van der Waals surface area (Å²) in [6.45, 7) is 14.0. The highest BCUT2D eigenvalue weighted by molar-refractivity contribution is 5.81. The number of ketones is 1. The fourth-order valence-electron chi connectivity index (χ4n) is 9.45. The zero-order chi connectivity index (χ0) is 29.4. The Balaban J connectivity index is 1.52. The van der Waals surface area contributed by atoms with E-state index >= 15 is 0 Å². The molecule has 0 heterocycles. The molecule has 4 aliphatic rings. The molecule has 0 aromatic rings. The average molecular weight is 558 g/mol. The Labute approximate surface area is 240 Å². The number of carbonyl (C=O) groups is 4. The van der Waals surface area contributed by atoms with Gasteiger partial charge in [-0.2, -0.15) is 0 Å². The van der Waals surface area contributed by atoms with E-state index in [1.807, 2.05) is 0 Å². The minimum Gasteiger partial charge on any atom is -0.462 e. The SMILES string of the molecule is CC(=O)NC[C@H](C)CCC(=O)[C@H](C)[C@@H]1[C@@H](OC(C)=O)C[C@@H]2[C@@H]3CC=C4C[C@@H](OC(C)=O)CC[C@]4(C)[C@@H]3CC[C@]12C. The summed E-state index contributed by atoms with van der Waals surface area (Å²) in [4.78, 5) is 48.7. The van der Waals surface area contributed by atoms with Gasteiger partial charge in [-0.3, -0.25) is 19.2 Å². The summed E-state index contributed by atoms with van der Waals surface area (Å²) >= 11 is 0. The molecule has 3 saturated carbocycles. The number of carbonyl (C=O) groups excluding carboxylic acids is 4. The molecule has 7 nitrogen and oxygen atoms in total. The fraction of sp³-hybridized carbons (Fsp3) is 0.818. The predicted molar refractivity (Wildman–Crippen MR) is 153 cm³/mol. The Kier molecular flexibility index (Phi) is 9.21. The van der Waals surface area contributed by atoms with Gasteiger partial charge in [0.05, 0.1) is 0 Å². The van der Waals surface area contributed by atoms with Crippen molar-refractivity contribution in [2.75, 3.05) is 6.54 Å². The molecular weight excluding hydrogens is 506 g/mol. The molecule has 4 aliphatic carbocycles. The second-order valence-corrected chi connectivity index (χ2v) is 14.0. The largest absolute Gasteiger partial charge is 0.462 e. The predicted octanol–water partition coefficient (Wildman–Crippen LogP) is 5.80. The van der Waals surface area contributed by atoms with Gasteiger partial charge in [0, 0.05) is 52.0 Å². The summed E-state index contributed by atoms with van der Waals surface area (Å²) in [5, 5.41) is 2.85. The van der Waals surface area contributed by atoms with Crippen molar-refractivity contribution >= 4 is 23.6 Å². The quantitative estimate of drug-likeness (QED) is 0.284. The van der Waals surface area contributed by atoms with Crippen LogP contribution in [-0.2, 0) is 28.7 Å². The van der Waals surface area contributed by atoms with Crippen LogP contribution in [0.5, 0.6) is 0 Å². The summed E-state index contributed by atoms with van der Waals surface area (Å²) in [6, 6.07) is 0. The van der Waals surface area contributed by atoms with Crippen LogP contribution in [0.3, 0.4) is 0 Å². The van der Waals surface area contributed by atoms with Crippen LogP contribution < -0.4 is 5.32 Å². The van der Waals surface area contributed by atoms with E-state index in [0.29, 0.717) is 30.7 Å². The second kappa shape index (κ2) is 12.0. The van der Waals surface area contributed by atoms with Crippen molar-refractivity contribution < 1.29 is 28.7 Å². The topological polar surface area (TPSA) is 98.8 Å². The van der Waals surface area contributed by atoms with Crippen molar-refractivity contribution in [3.05, 3.63) is 11.6 Å². The lowest BCUT2D eigenvalue weighted by molar-refractivity contribution is -0.153. The van der Waals surface area contributed by atoms with Crippen molar-refractivity contribution in [3.63, 3.8) is 0 Å². The smallest absolute Gasteiger partial charge is 0.302 e. The highest BCUT2D eigenvalue weighted by Gasteiger charge is 2.63. The van der Waals surface area contributed by atoms with Gasteiger partial charge in [0.1, 0.15) is 18.0 Å². The third-order valence-electron chi connectivity index (χ3n) is 11.4. The van der Waals surface area contributed by atoms with Crippen LogP contribution in [0.1, 0.15) is 106 Å². The number of fused-ring (bicyclic) bond motifs is 5. The first kappa shape index (κ1) is 30.8. The van der Waals surface area contributed by atoms with Gasteiger partial charge < -0.3 is 14.8 Å². The number of ether oxygens (including phenoxy) is 2. The van der Waals surface area contributed by atoms with Gasteiger partial charge in [0.25, 0.3) is 0 Å². The van der Waals surface area contributed by atoms with E-state index in [1.165, 1.54) is 26.3 Å². The average Bonchev–Trinajstić information content (AvgIpc) is 3.16. The number of allylic oxidation sites excluding steroid dienone is 1. The Bertz CT molecular complexity index is 1040. The van der Waals surface area contributed by atoms with Crippen LogP contribution in [0.2, 0.25) is 0 Å². The molecule has 1 N–H and O–H groups in total. The molecule has 4 rings (SSSR count). The van der Waals surface area contributed by atoms with Crippen molar-refractivity contribution in [1.29, 1.82) is 0 Å². The molecule has 1 amide bonds. The lowest BCUT2D eigenvalue weighted by Crippen LogP contribution is -2.51. The van der Waals surface area contributed by atoms with E-state index in [1.54, 1.807) is 0 Å². The summed E-state index contributed by atoms with van der Waals surface area (Å²) in [6.07, 6.45) is 10.2. The first-order valence-corrected chi connectivity index (χ1v) is 15.6. The number of nitrogens with one attached hydrogen (secondary N) is 1. The molecule has 0 unspecified atom stereocenters. The maximum absolute atomic E-state index is 13.6. The number of Topliss-reactive ketones (excluding diaryl/α,β-unsaturated/α-hetero) is 1. The van der Waals surface area contributed by atoms with Crippen LogP contribution in [0.4, 0.5) is 0 Å². The standard InChI is InChI=1S/C33H51NO6/c1-19(18-34-21(3)35)8-11-29(38)20(2)31-30(40-23(5)37)17-28-26-10-9-24-16-25(39-22(4)36)12-14-32(24,6)27(26)13-15-33(28,31)7/h9,19-20,25-28,30-31H,8,10-18H2,1-7H3,(H,34,35)/t19-,20+,25+,26-,27-,28-,30+,31-,32+,33+/m1/s1. The van der Waals surface area contributed by atoms with Gasteiger partial charge in [0.15, 0.2) is 0 Å². The number of esters is 2.